The van der Waals surface area contributed by atoms with Crippen molar-refractivity contribution in [3.63, 3.8) is 0 Å². The number of anilines is 1. The Kier molecular flexibility index (Phi) is 4.13. The smallest absolute Gasteiger partial charge is 0.244 e. The number of likely N-dealkylation sites (N-methyl/N-ethyl adjacent to an activating group) is 1. The molecule has 1 atom stereocenters. The molecule has 5 nitrogen and oxygen atoms in total. The number of hydrogen-bond acceptors (Lipinski definition) is 5. The predicted molar refractivity (Wildman–Crippen MR) is 102 cm³/mol. The molecule has 1 aromatic carbocycles. The number of carbonyl (C=O) groups excluding carboxylic acids is 1. The van der Waals surface area contributed by atoms with Crippen LogP contribution in [0.15, 0.2) is 42.0 Å². The second-order valence-electron chi connectivity index (χ2n) is 6.48. The monoisotopic (exact) mass is 352 g/mol. The molecule has 4 rings (SSSR count). The Bertz CT molecular complexity index is 906. The Morgan fingerprint density at radius 2 is 2.04 bits per heavy atom. The maximum Gasteiger partial charge on any atom is 0.244 e. The maximum atomic E-state index is 12.6. The molecule has 1 aliphatic heterocycles. The number of hydrogen-bond donors (Lipinski definition) is 0. The summed E-state index contributed by atoms with van der Waals surface area (Å²) in [5.74, 6) is 1.02. The summed E-state index contributed by atoms with van der Waals surface area (Å²) >= 11 is 1.62. The highest BCUT2D eigenvalue weighted by atomic mass is 32.1. The molecule has 3 heterocycles. The Morgan fingerprint density at radius 3 is 2.80 bits per heavy atom. The third kappa shape index (κ3) is 2.76. The summed E-state index contributed by atoms with van der Waals surface area (Å²) in [4.78, 5) is 26.4. The van der Waals surface area contributed by atoms with Gasteiger partial charge in [0.05, 0.1) is 5.39 Å². The third-order valence-corrected chi connectivity index (χ3v) is 5.57. The van der Waals surface area contributed by atoms with Crippen molar-refractivity contribution in [2.24, 2.45) is 0 Å². The van der Waals surface area contributed by atoms with Crippen LogP contribution >= 0.6 is 11.3 Å². The molecule has 0 spiro atoms. The molecule has 0 saturated carbocycles. The molecule has 25 heavy (non-hydrogen) atoms. The molecule has 128 valence electrons. The van der Waals surface area contributed by atoms with Crippen LogP contribution in [0, 0.1) is 0 Å². The van der Waals surface area contributed by atoms with E-state index >= 15 is 0 Å². The minimum Gasteiger partial charge on any atom is -0.347 e. The average molecular weight is 352 g/mol. The highest BCUT2D eigenvalue weighted by molar-refractivity contribution is 7.17. The normalized spacial score (nSPS) is 17.2. The van der Waals surface area contributed by atoms with Crippen molar-refractivity contribution in [1.29, 1.82) is 0 Å². The standard InChI is InChI=1S/C19H20N4OS/c1-22(2)19(24)15-9-6-10-23(15)17-16-14(13-7-4-3-5-8-13)11-25-18(16)21-12-20-17/h3-5,7-8,11-12,15H,6,9-10H2,1-2H3. The summed E-state index contributed by atoms with van der Waals surface area (Å²) in [5, 5.41) is 3.19. The fraction of sp³-hybridized carbons (Fsp3) is 0.316. The maximum absolute atomic E-state index is 12.6. The van der Waals surface area contributed by atoms with Crippen LogP contribution in [0.1, 0.15) is 12.8 Å². The number of rotatable bonds is 3. The molecule has 1 saturated heterocycles. The third-order valence-electron chi connectivity index (χ3n) is 4.69. The van der Waals surface area contributed by atoms with Gasteiger partial charge in [0.2, 0.25) is 5.91 Å². The van der Waals surface area contributed by atoms with E-state index in [1.807, 2.05) is 32.3 Å². The van der Waals surface area contributed by atoms with Crippen molar-refractivity contribution in [3.05, 3.63) is 42.0 Å². The van der Waals surface area contributed by atoms with Gasteiger partial charge in [0.15, 0.2) is 0 Å². The summed E-state index contributed by atoms with van der Waals surface area (Å²) in [6, 6.07) is 10.2. The fourth-order valence-electron chi connectivity index (χ4n) is 3.48. The van der Waals surface area contributed by atoms with E-state index in [-0.39, 0.29) is 11.9 Å². The predicted octanol–water partition coefficient (Wildman–Crippen LogP) is 3.42. The zero-order valence-corrected chi connectivity index (χ0v) is 15.2. The van der Waals surface area contributed by atoms with Crippen LogP contribution in [0.3, 0.4) is 0 Å². The lowest BCUT2D eigenvalue weighted by atomic mass is 10.1. The van der Waals surface area contributed by atoms with Crippen molar-refractivity contribution in [2.75, 3.05) is 25.5 Å². The van der Waals surface area contributed by atoms with Gasteiger partial charge in [0.25, 0.3) is 0 Å². The number of aromatic nitrogens is 2. The molecular formula is C19H20N4OS. The van der Waals surface area contributed by atoms with Gasteiger partial charge in [-0.3, -0.25) is 4.79 Å². The molecule has 6 heteroatoms. The lowest BCUT2D eigenvalue weighted by molar-refractivity contribution is -0.129. The number of benzene rings is 1. The lowest BCUT2D eigenvalue weighted by Crippen LogP contribution is -2.43. The lowest BCUT2D eigenvalue weighted by Gasteiger charge is -2.27. The summed E-state index contributed by atoms with van der Waals surface area (Å²) in [7, 11) is 3.63. The van der Waals surface area contributed by atoms with Crippen LogP contribution in [0.25, 0.3) is 21.3 Å². The van der Waals surface area contributed by atoms with Gasteiger partial charge in [-0.2, -0.15) is 0 Å². The summed E-state index contributed by atoms with van der Waals surface area (Å²) in [6.45, 7) is 0.848. The van der Waals surface area contributed by atoms with Crippen molar-refractivity contribution < 1.29 is 4.79 Å². The van der Waals surface area contributed by atoms with Gasteiger partial charge in [-0.15, -0.1) is 11.3 Å². The van der Waals surface area contributed by atoms with E-state index in [1.54, 1.807) is 22.6 Å². The first-order valence-electron chi connectivity index (χ1n) is 8.42. The van der Waals surface area contributed by atoms with Gasteiger partial charge < -0.3 is 9.80 Å². The number of thiophene rings is 1. The van der Waals surface area contributed by atoms with Gasteiger partial charge in [-0.25, -0.2) is 9.97 Å². The molecule has 1 unspecified atom stereocenters. The molecule has 0 radical (unpaired) electrons. The topological polar surface area (TPSA) is 49.3 Å². The Morgan fingerprint density at radius 1 is 1.24 bits per heavy atom. The molecule has 2 aromatic heterocycles. The minimum absolute atomic E-state index is 0.140. The van der Waals surface area contributed by atoms with E-state index in [0.717, 1.165) is 46.5 Å². The zero-order chi connectivity index (χ0) is 17.4. The van der Waals surface area contributed by atoms with Crippen molar-refractivity contribution >= 4 is 33.3 Å². The van der Waals surface area contributed by atoms with Gasteiger partial charge in [0, 0.05) is 31.6 Å². The minimum atomic E-state index is -0.142. The highest BCUT2D eigenvalue weighted by Crippen LogP contribution is 2.39. The number of fused-ring (bicyclic) bond motifs is 1. The SMILES string of the molecule is CN(C)C(=O)C1CCCN1c1ncnc2scc(-c3ccccc3)c12. The quantitative estimate of drug-likeness (QED) is 0.725. The molecule has 1 fully saturated rings. The van der Waals surface area contributed by atoms with Crippen molar-refractivity contribution in [1.82, 2.24) is 14.9 Å². The highest BCUT2D eigenvalue weighted by Gasteiger charge is 2.34. The van der Waals surface area contributed by atoms with Crippen LogP contribution in [0.5, 0.6) is 0 Å². The summed E-state index contributed by atoms with van der Waals surface area (Å²) < 4.78 is 0. The molecule has 1 amide bonds. The molecular weight excluding hydrogens is 332 g/mol. The zero-order valence-electron chi connectivity index (χ0n) is 14.3. The summed E-state index contributed by atoms with van der Waals surface area (Å²) in [6.07, 6.45) is 3.48. The number of carbonyl (C=O) groups is 1. The van der Waals surface area contributed by atoms with Gasteiger partial charge in [-0.1, -0.05) is 30.3 Å². The van der Waals surface area contributed by atoms with Crippen LogP contribution in [-0.4, -0.2) is 47.5 Å². The van der Waals surface area contributed by atoms with Gasteiger partial charge in [0.1, 0.15) is 23.0 Å². The Balaban J connectivity index is 1.85. The first-order valence-corrected chi connectivity index (χ1v) is 9.30. The van der Waals surface area contributed by atoms with E-state index in [0.29, 0.717) is 0 Å². The molecule has 0 N–H and O–H groups in total. The van der Waals surface area contributed by atoms with Crippen molar-refractivity contribution in [3.8, 4) is 11.1 Å². The fourth-order valence-corrected chi connectivity index (χ4v) is 4.39. The Hall–Kier alpha value is -2.47. The van der Waals surface area contributed by atoms with Crippen LogP contribution in [-0.2, 0) is 4.79 Å². The van der Waals surface area contributed by atoms with E-state index in [9.17, 15) is 4.79 Å². The average Bonchev–Trinajstić information content (AvgIpc) is 3.28. The molecule has 3 aromatic rings. The van der Waals surface area contributed by atoms with Crippen LogP contribution < -0.4 is 4.90 Å². The van der Waals surface area contributed by atoms with E-state index in [2.05, 4.69) is 32.4 Å². The van der Waals surface area contributed by atoms with Crippen LogP contribution in [0.2, 0.25) is 0 Å². The molecule has 0 aliphatic carbocycles. The Labute approximate surface area is 150 Å². The molecule has 1 aliphatic rings. The first kappa shape index (κ1) is 16.0. The van der Waals surface area contributed by atoms with E-state index in [1.165, 1.54) is 0 Å². The molecule has 0 bridgehead atoms. The number of amides is 1. The van der Waals surface area contributed by atoms with Crippen LogP contribution in [0.4, 0.5) is 5.82 Å². The van der Waals surface area contributed by atoms with Gasteiger partial charge >= 0.3 is 0 Å². The second kappa shape index (κ2) is 6.44. The number of nitrogens with zero attached hydrogens (tertiary/aromatic N) is 4. The van der Waals surface area contributed by atoms with Gasteiger partial charge in [-0.05, 0) is 18.4 Å². The van der Waals surface area contributed by atoms with E-state index < -0.39 is 0 Å². The second-order valence-corrected chi connectivity index (χ2v) is 7.34. The first-order chi connectivity index (χ1) is 12.2. The van der Waals surface area contributed by atoms with Crippen molar-refractivity contribution in [2.45, 2.75) is 18.9 Å². The largest absolute Gasteiger partial charge is 0.347 e. The van der Waals surface area contributed by atoms with E-state index in [4.69, 9.17) is 0 Å². The summed E-state index contributed by atoms with van der Waals surface area (Å²) in [5.41, 5.74) is 2.29.